The highest BCUT2D eigenvalue weighted by atomic mass is 16.5. The first-order valence-corrected chi connectivity index (χ1v) is 10.9. The van der Waals surface area contributed by atoms with Crippen LogP contribution in [0, 0.1) is 0 Å². The van der Waals surface area contributed by atoms with Crippen molar-refractivity contribution >= 4 is 23.5 Å². The van der Waals surface area contributed by atoms with Crippen molar-refractivity contribution in [3.8, 4) is 17.2 Å². The minimum atomic E-state index is -1.26. The molecule has 0 aromatic heterocycles. The number of carbonyl (C=O) groups is 3. The van der Waals surface area contributed by atoms with E-state index in [0.29, 0.717) is 29.2 Å². The fourth-order valence-corrected chi connectivity index (χ4v) is 3.40. The van der Waals surface area contributed by atoms with Crippen LogP contribution in [-0.4, -0.2) is 64.1 Å². The summed E-state index contributed by atoms with van der Waals surface area (Å²) in [5.41, 5.74) is 1.67. The quantitative estimate of drug-likeness (QED) is 0.279. The normalized spacial score (nSPS) is 13.5. The number of nitrogens with one attached hydrogen (secondary N) is 2. The average molecular weight is 503 g/mol. The Morgan fingerprint density at radius 3 is 2.33 bits per heavy atom. The fourth-order valence-electron chi connectivity index (χ4n) is 3.40. The van der Waals surface area contributed by atoms with Crippen molar-refractivity contribution in [2.45, 2.75) is 31.9 Å². The second-order valence-corrected chi connectivity index (χ2v) is 8.56. The summed E-state index contributed by atoms with van der Waals surface area (Å²) in [7, 11) is 1.64. The molecule has 1 atom stereocenters. The number of methoxy groups -OCH3 is 1. The Morgan fingerprint density at radius 1 is 1.17 bits per heavy atom. The van der Waals surface area contributed by atoms with Crippen LogP contribution in [0.5, 0.6) is 17.2 Å². The van der Waals surface area contributed by atoms with Gasteiger partial charge in [0.1, 0.15) is 17.2 Å². The zero-order valence-corrected chi connectivity index (χ0v) is 20.1. The molecule has 0 spiro atoms. The number of phenols is 1. The summed E-state index contributed by atoms with van der Waals surface area (Å²) in [5.74, 6) is -1.65. The van der Waals surface area contributed by atoms with Crippen LogP contribution in [0.15, 0.2) is 48.6 Å². The molecular weight excluding hydrogens is 472 g/mol. The largest absolute Gasteiger partial charge is 0.508 e. The number of hydrogen-bond donors (Lipinski definition) is 6. The zero-order chi connectivity index (χ0) is 26.9. The molecule has 1 amide bonds. The SMILES string of the molecule is COc1ccc(CC(C)(C)NC[C@H](O)c2cc(O)cc3c2OCC(=O)N3)cc1.O=C(O)/C=C\C(=O)O. The highest BCUT2D eigenvalue weighted by Gasteiger charge is 2.26. The number of aliphatic carboxylic acids is 2. The highest BCUT2D eigenvalue weighted by Crippen LogP contribution is 2.38. The Bertz CT molecular complexity index is 1100. The Kier molecular flexibility index (Phi) is 9.83. The van der Waals surface area contributed by atoms with Gasteiger partial charge in [0, 0.05) is 35.9 Å². The van der Waals surface area contributed by atoms with Crippen LogP contribution in [0.3, 0.4) is 0 Å². The van der Waals surface area contributed by atoms with Crippen LogP contribution in [-0.2, 0) is 20.8 Å². The van der Waals surface area contributed by atoms with Crippen molar-refractivity contribution in [3.05, 3.63) is 59.7 Å². The minimum absolute atomic E-state index is 0.0453. The number of ether oxygens (including phenoxy) is 2. The molecule has 1 heterocycles. The number of benzene rings is 2. The van der Waals surface area contributed by atoms with Gasteiger partial charge in [-0.25, -0.2) is 9.59 Å². The summed E-state index contributed by atoms with van der Waals surface area (Å²) in [5, 5.41) is 42.2. The third-order valence-corrected chi connectivity index (χ3v) is 5.03. The predicted octanol–water partition coefficient (Wildman–Crippen LogP) is 2.09. The smallest absolute Gasteiger partial charge is 0.328 e. The number of aliphatic hydroxyl groups excluding tert-OH is 1. The van der Waals surface area contributed by atoms with E-state index in [1.807, 2.05) is 24.3 Å². The van der Waals surface area contributed by atoms with Gasteiger partial charge in [0.05, 0.1) is 18.9 Å². The van der Waals surface area contributed by atoms with Crippen molar-refractivity contribution in [2.24, 2.45) is 0 Å². The van der Waals surface area contributed by atoms with Crippen molar-refractivity contribution in [2.75, 3.05) is 25.6 Å². The lowest BCUT2D eigenvalue weighted by molar-refractivity contribution is -0.134. The highest BCUT2D eigenvalue weighted by molar-refractivity contribution is 5.96. The summed E-state index contributed by atoms with van der Waals surface area (Å²) in [6, 6.07) is 10.7. The molecule has 0 fully saturated rings. The number of carboxylic acids is 2. The van der Waals surface area contributed by atoms with Crippen molar-refractivity contribution in [3.63, 3.8) is 0 Å². The maximum Gasteiger partial charge on any atom is 0.328 e. The van der Waals surface area contributed by atoms with Gasteiger partial charge < -0.3 is 40.5 Å². The molecule has 0 saturated carbocycles. The molecule has 2 aromatic rings. The lowest BCUT2D eigenvalue weighted by Gasteiger charge is -2.29. The zero-order valence-electron chi connectivity index (χ0n) is 20.1. The number of fused-ring (bicyclic) bond motifs is 1. The molecule has 1 aliphatic rings. The number of amides is 1. The molecule has 36 heavy (non-hydrogen) atoms. The van der Waals surface area contributed by atoms with E-state index in [1.165, 1.54) is 12.1 Å². The number of phenolic OH excluding ortho intramolecular Hbond substituents is 1. The summed E-state index contributed by atoms with van der Waals surface area (Å²) in [4.78, 5) is 30.6. The van der Waals surface area contributed by atoms with E-state index in [4.69, 9.17) is 19.7 Å². The van der Waals surface area contributed by atoms with Gasteiger partial charge in [-0.15, -0.1) is 0 Å². The predicted molar refractivity (Wildman–Crippen MR) is 130 cm³/mol. The van der Waals surface area contributed by atoms with E-state index in [2.05, 4.69) is 24.5 Å². The fraction of sp³-hybridized carbons (Fsp3) is 0.320. The first kappa shape index (κ1) is 28.1. The number of carboxylic acid groups (broad SMARTS) is 2. The van der Waals surface area contributed by atoms with Crippen molar-refractivity contribution in [1.82, 2.24) is 5.32 Å². The van der Waals surface area contributed by atoms with E-state index < -0.39 is 18.0 Å². The molecule has 0 saturated heterocycles. The van der Waals surface area contributed by atoms with Crippen molar-refractivity contribution < 1.29 is 44.3 Å². The van der Waals surface area contributed by atoms with Gasteiger partial charge in [0.25, 0.3) is 5.91 Å². The van der Waals surface area contributed by atoms with Crippen LogP contribution in [0.4, 0.5) is 5.69 Å². The van der Waals surface area contributed by atoms with Gasteiger partial charge in [0.2, 0.25) is 0 Å². The number of hydrogen-bond acceptors (Lipinski definition) is 8. The maximum atomic E-state index is 11.5. The first-order chi connectivity index (χ1) is 16.9. The monoisotopic (exact) mass is 502 g/mol. The lowest BCUT2D eigenvalue weighted by Crippen LogP contribution is -2.43. The molecule has 0 bridgehead atoms. The van der Waals surface area contributed by atoms with Crippen LogP contribution in [0.1, 0.15) is 31.1 Å². The second-order valence-electron chi connectivity index (χ2n) is 8.56. The van der Waals surface area contributed by atoms with E-state index in [9.17, 15) is 24.6 Å². The second kappa shape index (κ2) is 12.6. The molecule has 6 N–H and O–H groups in total. The molecule has 1 aliphatic heterocycles. The molecule has 0 aliphatic carbocycles. The number of anilines is 1. The number of aliphatic hydroxyl groups is 1. The van der Waals surface area contributed by atoms with E-state index in [1.54, 1.807) is 7.11 Å². The number of aromatic hydroxyl groups is 1. The Labute approximate surface area is 208 Å². The van der Waals surface area contributed by atoms with Gasteiger partial charge in [0.15, 0.2) is 6.61 Å². The minimum Gasteiger partial charge on any atom is -0.508 e. The van der Waals surface area contributed by atoms with Gasteiger partial charge in [-0.3, -0.25) is 4.79 Å². The van der Waals surface area contributed by atoms with Gasteiger partial charge in [-0.05, 0) is 44.0 Å². The molecule has 0 unspecified atom stereocenters. The molecule has 2 aromatic carbocycles. The van der Waals surface area contributed by atoms with E-state index >= 15 is 0 Å². The third-order valence-electron chi connectivity index (χ3n) is 5.03. The van der Waals surface area contributed by atoms with Crippen LogP contribution in [0.25, 0.3) is 0 Å². The van der Waals surface area contributed by atoms with Crippen LogP contribution < -0.4 is 20.1 Å². The molecule has 11 nitrogen and oxygen atoms in total. The summed E-state index contributed by atoms with van der Waals surface area (Å²) >= 11 is 0. The number of carbonyl (C=O) groups excluding carboxylic acids is 1. The maximum absolute atomic E-state index is 11.5. The molecule has 194 valence electrons. The average Bonchev–Trinajstić information content (AvgIpc) is 2.81. The number of rotatable bonds is 9. The summed E-state index contributed by atoms with van der Waals surface area (Å²) in [6.45, 7) is 4.25. The van der Waals surface area contributed by atoms with Crippen molar-refractivity contribution in [1.29, 1.82) is 0 Å². The Balaban J connectivity index is 0.000000493. The van der Waals surface area contributed by atoms with E-state index in [0.717, 1.165) is 17.7 Å². The standard InChI is InChI=1S/C21H26N2O5.C4H4O4/c1-21(2,10-13-4-6-15(27-3)7-5-13)22-11-18(25)16-8-14(24)9-17-20(16)28-12-19(26)23-17;5-3(6)1-2-4(7)8/h4-9,18,22,24-25H,10-12H2,1-3H3,(H,23,26);1-2H,(H,5,6)(H,7,8)/b;2-1-/t18-;/m0./s1. The number of β-amino-alcohol motifs (C(OH)–C–C–N with tert-alkyl or cyclic N) is 1. The van der Waals surface area contributed by atoms with Crippen LogP contribution >= 0.6 is 0 Å². The molecule has 0 radical (unpaired) electrons. The third kappa shape index (κ3) is 8.93. The topological polar surface area (TPSA) is 175 Å². The summed E-state index contributed by atoms with van der Waals surface area (Å²) in [6.07, 6.45) is 0.963. The Morgan fingerprint density at radius 2 is 1.78 bits per heavy atom. The van der Waals surface area contributed by atoms with Crippen LogP contribution in [0.2, 0.25) is 0 Å². The van der Waals surface area contributed by atoms with E-state index in [-0.39, 0.29) is 30.3 Å². The molecule has 11 heteroatoms. The molecule has 3 rings (SSSR count). The van der Waals surface area contributed by atoms with Gasteiger partial charge in [-0.1, -0.05) is 12.1 Å². The Hall–Kier alpha value is -4.09. The molecular formula is C25H30N2O9. The van der Waals surface area contributed by atoms with Gasteiger partial charge >= 0.3 is 11.9 Å². The van der Waals surface area contributed by atoms with Gasteiger partial charge in [-0.2, -0.15) is 0 Å². The lowest BCUT2D eigenvalue weighted by atomic mass is 9.94. The summed E-state index contributed by atoms with van der Waals surface area (Å²) < 4.78 is 10.7. The first-order valence-electron chi connectivity index (χ1n) is 10.9.